The maximum Gasteiger partial charge on any atom is 0.269 e. The number of nitrogens with two attached hydrogens (primary N) is 1. The topological polar surface area (TPSA) is 125 Å². The van der Waals surface area contributed by atoms with Crippen LogP contribution in [0.4, 0.5) is 5.82 Å². The normalized spacial score (nSPS) is 23.6. The maximum atomic E-state index is 12.1. The molecule has 1 aliphatic heterocycles. The number of carbonyl (C=O) groups excluding carboxylic acids is 1. The summed E-state index contributed by atoms with van der Waals surface area (Å²) in [5.74, 6) is 1.50. The molecule has 3 aliphatic rings. The number of ether oxygens (including phenoxy) is 1. The van der Waals surface area contributed by atoms with Crippen molar-refractivity contribution in [3.8, 4) is 11.8 Å². The van der Waals surface area contributed by atoms with Gasteiger partial charge in [-0.2, -0.15) is 5.26 Å². The highest BCUT2D eigenvalue weighted by Crippen LogP contribution is 2.52. The highest BCUT2D eigenvalue weighted by molar-refractivity contribution is 6.31. The van der Waals surface area contributed by atoms with E-state index in [0.717, 1.165) is 63.0 Å². The molecule has 0 bridgehead atoms. The zero-order valence-corrected chi connectivity index (χ0v) is 19.7. The Hall–Kier alpha value is -2.89. The third-order valence-corrected chi connectivity index (χ3v) is 7.91. The van der Waals surface area contributed by atoms with E-state index in [4.69, 9.17) is 27.3 Å². The molecular weight excluding hydrogens is 454 g/mol. The van der Waals surface area contributed by atoms with Gasteiger partial charge in [0.15, 0.2) is 11.5 Å². The van der Waals surface area contributed by atoms with Gasteiger partial charge in [-0.25, -0.2) is 0 Å². The molecule has 9 heteroatoms. The van der Waals surface area contributed by atoms with E-state index in [9.17, 15) is 9.90 Å². The van der Waals surface area contributed by atoms with Gasteiger partial charge >= 0.3 is 0 Å². The van der Waals surface area contributed by atoms with Crippen molar-refractivity contribution in [3.05, 3.63) is 46.1 Å². The highest BCUT2D eigenvalue weighted by atomic mass is 35.5. The summed E-state index contributed by atoms with van der Waals surface area (Å²) in [5, 5.41) is 27.2. The molecule has 3 fully saturated rings. The molecule has 178 valence electrons. The summed E-state index contributed by atoms with van der Waals surface area (Å²) in [4.78, 5) is 14.3. The molecule has 2 aliphatic carbocycles. The van der Waals surface area contributed by atoms with Crippen molar-refractivity contribution in [2.45, 2.75) is 50.5 Å². The minimum absolute atomic E-state index is 0.0416. The van der Waals surface area contributed by atoms with Gasteiger partial charge in [0.1, 0.15) is 11.8 Å². The first kappa shape index (κ1) is 22.9. The van der Waals surface area contributed by atoms with E-state index >= 15 is 0 Å². The third kappa shape index (κ3) is 4.30. The van der Waals surface area contributed by atoms with Crippen molar-refractivity contribution in [2.75, 3.05) is 24.6 Å². The van der Waals surface area contributed by atoms with Gasteiger partial charge in [0.05, 0.1) is 16.7 Å². The van der Waals surface area contributed by atoms with E-state index in [0.29, 0.717) is 27.7 Å². The number of nitrogens with zero attached hydrogens (tertiary/aromatic N) is 4. The van der Waals surface area contributed by atoms with Gasteiger partial charge in [-0.05, 0) is 74.1 Å². The highest BCUT2D eigenvalue weighted by Gasteiger charge is 2.52. The Balaban J connectivity index is 1.24. The van der Waals surface area contributed by atoms with E-state index in [2.05, 4.69) is 21.2 Å². The lowest BCUT2D eigenvalue weighted by Gasteiger charge is -2.59. The summed E-state index contributed by atoms with van der Waals surface area (Å²) < 4.78 is 6.11. The Bertz CT molecular complexity index is 1130. The molecule has 2 aromatic rings. The van der Waals surface area contributed by atoms with Crippen molar-refractivity contribution in [3.63, 3.8) is 0 Å². The van der Waals surface area contributed by atoms with Gasteiger partial charge in [0.2, 0.25) is 0 Å². The molecule has 1 aromatic heterocycles. The number of halogens is 1. The number of amides is 1. The lowest BCUT2D eigenvalue weighted by molar-refractivity contribution is -0.00691. The lowest BCUT2D eigenvalue weighted by atomic mass is 9.58. The van der Waals surface area contributed by atoms with Crippen molar-refractivity contribution >= 4 is 23.3 Å². The van der Waals surface area contributed by atoms with Crippen LogP contribution in [-0.2, 0) is 0 Å². The first-order chi connectivity index (χ1) is 16.4. The number of aliphatic hydroxyl groups excluding tert-OH is 1. The first-order valence-corrected chi connectivity index (χ1v) is 12.2. The summed E-state index contributed by atoms with van der Waals surface area (Å²) in [6, 6.07) is 9.16. The molecule has 1 saturated heterocycles. The number of nitriles is 1. The first-order valence-electron chi connectivity index (χ1n) is 11.8. The summed E-state index contributed by atoms with van der Waals surface area (Å²) in [7, 11) is 0. The zero-order chi connectivity index (χ0) is 23.9. The fourth-order valence-electron chi connectivity index (χ4n) is 5.87. The van der Waals surface area contributed by atoms with Gasteiger partial charge in [0.25, 0.3) is 5.91 Å². The Labute approximate surface area is 203 Å². The SMILES string of the molecule is N#Cc1ccc(OC2CCC(c3cc(N4CC5(CC(CO)C5)C4)nnc3C(N)=O)CC2)cc1Cl. The van der Waals surface area contributed by atoms with E-state index < -0.39 is 5.91 Å². The Morgan fingerprint density at radius 2 is 1.97 bits per heavy atom. The Kier molecular flexibility index (Phi) is 6.09. The molecule has 0 atom stereocenters. The van der Waals surface area contributed by atoms with Crippen LogP contribution in [0, 0.1) is 22.7 Å². The second-order valence-electron chi connectivity index (χ2n) is 10.0. The van der Waals surface area contributed by atoms with Crippen LogP contribution in [0.5, 0.6) is 5.75 Å². The molecule has 5 rings (SSSR count). The van der Waals surface area contributed by atoms with Crippen molar-refractivity contribution in [2.24, 2.45) is 17.1 Å². The van der Waals surface area contributed by atoms with Crippen LogP contribution in [0.15, 0.2) is 24.3 Å². The van der Waals surface area contributed by atoms with Gasteiger partial charge in [0, 0.05) is 31.2 Å². The van der Waals surface area contributed by atoms with Crippen LogP contribution in [0.1, 0.15) is 66.1 Å². The number of hydrogen-bond acceptors (Lipinski definition) is 7. The van der Waals surface area contributed by atoms with Gasteiger partial charge in [-0.1, -0.05) is 11.6 Å². The molecule has 1 amide bonds. The zero-order valence-electron chi connectivity index (χ0n) is 18.9. The number of aliphatic hydroxyl groups is 1. The number of carbonyl (C=O) groups is 1. The number of hydrogen-bond donors (Lipinski definition) is 2. The largest absolute Gasteiger partial charge is 0.490 e. The number of primary amides is 1. The fourth-order valence-corrected chi connectivity index (χ4v) is 6.09. The molecule has 1 spiro atoms. The van der Waals surface area contributed by atoms with Gasteiger partial charge < -0.3 is 20.5 Å². The predicted molar refractivity (Wildman–Crippen MR) is 127 cm³/mol. The van der Waals surface area contributed by atoms with E-state index in [-0.39, 0.29) is 24.3 Å². The van der Waals surface area contributed by atoms with Crippen LogP contribution < -0.4 is 15.4 Å². The molecule has 8 nitrogen and oxygen atoms in total. The Morgan fingerprint density at radius 3 is 2.59 bits per heavy atom. The molecule has 0 unspecified atom stereocenters. The number of anilines is 1. The molecular formula is C25H28ClN5O3. The minimum Gasteiger partial charge on any atom is -0.490 e. The van der Waals surface area contributed by atoms with Crippen molar-refractivity contribution < 1.29 is 14.6 Å². The molecule has 1 aromatic carbocycles. The standard InChI is InChI=1S/C25H28ClN5O3/c26-21-7-19(6-3-17(21)11-27)34-18-4-1-16(2-5-18)20-8-22(29-30-23(20)24(28)33)31-13-25(14-31)9-15(10-25)12-32/h3,6-8,15-16,18,32H,1-2,4-5,9-10,12-14H2,(H2,28,33). The van der Waals surface area contributed by atoms with E-state index in [1.807, 2.05) is 6.07 Å². The van der Waals surface area contributed by atoms with E-state index in [1.54, 1.807) is 18.2 Å². The number of aromatic nitrogens is 2. The van der Waals surface area contributed by atoms with Crippen LogP contribution in [-0.4, -0.2) is 47.0 Å². The average Bonchev–Trinajstić information content (AvgIpc) is 2.78. The molecule has 2 saturated carbocycles. The van der Waals surface area contributed by atoms with Crippen LogP contribution in [0.2, 0.25) is 5.02 Å². The minimum atomic E-state index is -0.551. The molecule has 2 heterocycles. The fraction of sp³-hybridized carbons (Fsp3) is 0.520. The summed E-state index contributed by atoms with van der Waals surface area (Å²) >= 11 is 6.13. The van der Waals surface area contributed by atoms with Crippen LogP contribution >= 0.6 is 11.6 Å². The predicted octanol–water partition coefficient (Wildman–Crippen LogP) is 3.41. The second kappa shape index (κ2) is 9.05. The monoisotopic (exact) mass is 481 g/mol. The molecule has 0 radical (unpaired) electrons. The van der Waals surface area contributed by atoms with Crippen molar-refractivity contribution in [1.29, 1.82) is 5.26 Å². The van der Waals surface area contributed by atoms with Crippen LogP contribution in [0.3, 0.4) is 0 Å². The third-order valence-electron chi connectivity index (χ3n) is 7.60. The van der Waals surface area contributed by atoms with Gasteiger partial charge in [-0.3, -0.25) is 4.79 Å². The maximum absolute atomic E-state index is 12.1. The lowest BCUT2D eigenvalue weighted by Crippen LogP contribution is -2.63. The number of benzene rings is 1. The summed E-state index contributed by atoms with van der Waals surface area (Å²) in [5.41, 5.74) is 7.49. The van der Waals surface area contributed by atoms with Crippen LogP contribution in [0.25, 0.3) is 0 Å². The van der Waals surface area contributed by atoms with E-state index in [1.165, 1.54) is 0 Å². The second-order valence-corrected chi connectivity index (χ2v) is 10.4. The average molecular weight is 482 g/mol. The number of rotatable bonds is 6. The summed E-state index contributed by atoms with van der Waals surface area (Å²) in [6.07, 6.45) is 5.52. The molecule has 34 heavy (non-hydrogen) atoms. The summed E-state index contributed by atoms with van der Waals surface area (Å²) in [6.45, 7) is 2.10. The Morgan fingerprint density at radius 1 is 1.24 bits per heavy atom. The van der Waals surface area contributed by atoms with Gasteiger partial charge in [-0.15, -0.1) is 10.2 Å². The quantitative estimate of drug-likeness (QED) is 0.647. The van der Waals surface area contributed by atoms with Crippen molar-refractivity contribution in [1.82, 2.24) is 10.2 Å². The molecule has 3 N–H and O–H groups in total. The smallest absolute Gasteiger partial charge is 0.269 e.